The highest BCUT2D eigenvalue weighted by atomic mass is 32.2. The van der Waals surface area contributed by atoms with Crippen LogP contribution < -0.4 is 5.32 Å². The van der Waals surface area contributed by atoms with Crippen LogP contribution in [-0.2, 0) is 19.0 Å². The number of aryl methyl sites for hydroxylation is 1. The van der Waals surface area contributed by atoms with Crippen molar-refractivity contribution in [2.75, 3.05) is 7.05 Å². The van der Waals surface area contributed by atoms with Gasteiger partial charge in [0, 0.05) is 26.0 Å². The van der Waals surface area contributed by atoms with Crippen molar-refractivity contribution in [2.24, 2.45) is 7.05 Å². The molecule has 2 aromatic heterocycles. The van der Waals surface area contributed by atoms with E-state index in [0.717, 1.165) is 16.4 Å². The van der Waals surface area contributed by atoms with Gasteiger partial charge < -0.3 is 5.32 Å². The Morgan fingerprint density at radius 3 is 2.68 bits per heavy atom. The summed E-state index contributed by atoms with van der Waals surface area (Å²) in [5.74, 6) is -0.481. The van der Waals surface area contributed by atoms with Crippen LogP contribution in [0.2, 0.25) is 0 Å². The number of alkyl halides is 3. The summed E-state index contributed by atoms with van der Waals surface area (Å²) in [6.07, 6.45) is -3.09. The van der Waals surface area contributed by atoms with Crippen LogP contribution in [0.5, 0.6) is 0 Å². The summed E-state index contributed by atoms with van der Waals surface area (Å²) < 4.78 is 40.1. The zero-order valence-electron chi connectivity index (χ0n) is 11.8. The monoisotopic (exact) mass is 330 g/mol. The third-order valence-electron chi connectivity index (χ3n) is 2.80. The number of amides is 1. The molecule has 0 bridgehead atoms. The van der Waals surface area contributed by atoms with E-state index in [2.05, 4.69) is 15.4 Å². The summed E-state index contributed by atoms with van der Waals surface area (Å²) in [4.78, 5) is 15.9. The van der Waals surface area contributed by atoms with Gasteiger partial charge in [-0.25, -0.2) is 0 Å². The van der Waals surface area contributed by atoms with Crippen molar-refractivity contribution in [3.05, 3.63) is 41.3 Å². The third-order valence-corrected chi connectivity index (χ3v) is 3.98. The van der Waals surface area contributed by atoms with Gasteiger partial charge in [-0.15, -0.1) is 0 Å². The van der Waals surface area contributed by atoms with Gasteiger partial charge in [0.1, 0.15) is 10.6 Å². The van der Waals surface area contributed by atoms with Crippen molar-refractivity contribution in [2.45, 2.75) is 17.0 Å². The molecule has 0 aliphatic carbocycles. The number of pyridine rings is 1. The Morgan fingerprint density at radius 1 is 1.41 bits per heavy atom. The van der Waals surface area contributed by atoms with E-state index < -0.39 is 23.3 Å². The minimum absolute atomic E-state index is 0.150. The maximum absolute atomic E-state index is 13.0. The highest BCUT2D eigenvalue weighted by molar-refractivity contribution is 7.98. The summed E-state index contributed by atoms with van der Waals surface area (Å²) in [5, 5.41) is 5.83. The molecule has 9 heteroatoms. The Morgan fingerprint density at radius 2 is 2.14 bits per heavy atom. The number of halogens is 3. The molecular formula is C13H13F3N4OS. The zero-order valence-corrected chi connectivity index (χ0v) is 12.6. The van der Waals surface area contributed by atoms with Crippen molar-refractivity contribution >= 4 is 17.7 Å². The first-order chi connectivity index (χ1) is 10.3. The van der Waals surface area contributed by atoms with E-state index in [-0.39, 0.29) is 5.03 Å². The van der Waals surface area contributed by atoms with Gasteiger partial charge >= 0.3 is 6.18 Å². The van der Waals surface area contributed by atoms with Crippen molar-refractivity contribution in [1.82, 2.24) is 20.1 Å². The first-order valence-corrected chi connectivity index (χ1v) is 7.22. The Hall–Kier alpha value is -2.03. The molecule has 0 aliphatic heterocycles. The molecule has 0 saturated carbocycles. The first kappa shape index (κ1) is 16.3. The lowest BCUT2D eigenvalue weighted by molar-refractivity contribution is -0.141. The molecule has 0 saturated heterocycles. The fourth-order valence-corrected chi connectivity index (χ4v) is 2.84. The van der Waals surface area contributed by atoms with Crippen LogP contribution in [0.25, 0.3) is 0 Å². The van der Waals surface area contributed by atoms with Crippen molar-refractivity contribution in [3.63, 3.8) is 0 Å². The Labute approximate surface area is 128 Å². The second kappa shape index (κ2) is 6.39. The van der Waals surface area contributed by atoms with E-state index in [4.69, 9.17) is 0 Å². The van der Waals surface area contributed by atoms with Gasteiger partial charge in [0.25, 0.3) is 5.91 Å². The smallest absolute Gasteiger partial charge is 0.355 e. The van der Waals surface area contributed by atoms with Gasteiger partial charge in [-0.2, -0.15) is 18.3 Å². The number of rotatable bonds is 4. The highest BCUT2D eigenvalue weighted by Gasteiger charge is 2.41. The van der Waals surface area contributed by atoms with E-state index >= 15 is 0 Å². The molecule has 0 atom stereocenters. The number of nitrogens with zero attached hydrogens (tertiary/aromatic N) is 3. The molecule has 2 aromatic rings. The van der Waals surface area contributed by atoms with Crippen LogP contribution >= 0.6 is 11.8 Å². The van der Waals surface area contributed by atoms with E-state index in [9.17, 15) is 18.0 Å². The predicted molar refractivity (Wildman–Crippen MR) is 75.4 cm³/mol. The Balaban J connectivity index is 2.38. The summed E-state index contributed by atoms with van der Waals surface area (Å²) >= 11 is 1.08. The van der Waals surface area contributed by atoms with Crippen LogP contribution in [0.3, 0.4) is 0 Å². The number of thioether (sulfide) groups is 1. The van der Waals surface area contributed by atoms with E-state index in [1.54, 1.807) is 24.4 Å². The maximum atomic E-state index is 13.0. The summed E-state index contributed by atoms with van der Waals surface area (Å²) in [5.41, 5.74) is -0.943. The van der Waals surface area contributed by atoms with E-state index in [1.807, 2.05) is 0 Å². The number of hydrogen-bond donors (Lipinski definition) is 1. The van der Waals surface area contributed by atoms with Crippen molar-refractivity contribution in [1.29, 1.82) is 0 Å². The van der Waals surface area contributed by atoms with Gasteiger partial charge in [-0.1, -0.05) is 17.8 Å². The molecule has 0 radical (unpaired) electrons. The molecule has 1 amide bonds. The molecule has 0 fully saturated rings. The van der Waals surface area contributed by atoms with Crippen molar-refractivity contribution < 1.29 is 18.0 Å². The molecule has 1 N–H and O–H groups in total. The average molecular weight is 330 g/mol. The Bertz CT molecular complexity index is 670. The first-order valence-electron chi connectivity index (χ1n) is 6.23. The van der Waals surface area contributed by atoms with Crippen molar-refractivity contribution in [3.8, 4) is 0 Å². The minimum atomic E-state index is -4.69. The number of carbonyl (C=O) groups is 1. The lowest BCUT2D eigenvalue weighted by Crippen LogP contribution is -2.22. The standard InChI is InChI=1S/C13H13F3N4OS/c1-17-11(21)9-10(13(14,15)16)19-20(2)12(9)22-7-8-5-3-4-6-18-8/h3-6H,7H2,1-2H3,(H,17,21). The molecule has 0 aliphatic rings. The largest absolute Gasteiger partial charge is 0.436 e. The minimum Gasteiger partial charge on any atom is -0.355 e. The summed E-state index contributed by atoms with van der Waals surface area (Å²) in [6, 6.07) is 5.29. The molecule has 5 nitrogen and oxygen atoms in total. The second-order valence-corrected chi connectivity index (χ2v) is 5.30. The van der Waals surface area contributed by atoms with Crippen LogP contribution in [0.4, 0.5) is 13.2 Å². The third kappa shape index (κ3) is 3.41. The lowest BCUT2D eigenvalue weighted by atomic mass is 10.2. The predicted octanol–water partition coefficient (Wildman–Crippen LogP) is 2.49. The van der Waals surface area contributed by atoms with E-state index in [1.165, 1.54) is 14.1 Å². The van der Waals surface area contributed by atoms with Crippen LogP contribution in [0.15, 0.2) is 29.4 Å². The highest BCUT2D eigenvalue weighted by Crippen LogP contribution is 2.36. The van der Waals surface area contributed by atoms with Gasteiger partial charge in [0.15, 0.2) is 5.69 Å². The van der Waals surface area contributed by atoms with Crippen LogP contribution in [-0.4, -0.2) is 27.7 Å². The van der Waals surface area contributed by atoms with Gasteiger partial charge in [-0.3, -0.25) is 14.5 Å². The topological polar surface area (TPSA) is 59.8 Å². The summed E-state index contributed by atoms with van der Waals surface area (Å²) in [6.45, 7) is 0. The van der Waals surface area contributed by atoms with Crippen LogP contribution in [0.1, 0.15) is 21.7 Å². The average Bonchev–Trinajstić information content (AvgIpc) is 2.82. The molecule has 22 heavy (non-hydrogen) atoms. The molecular weight excluding hydrogens is 317 g/mol. The number of aromatic nitrogens is 3. The zero-order chi connectivity index (χ0) is 16.3. The number of carbonyl (C=O) groups excluding carboxylic acids is 1. The van der Waals surface area contributed by atoms with Gasteiger partial charge in [0.2, 0.25) is 0 Å². The van der Waals surface area contributed by atoms with Crippen LogP contribution in [0, 0.1) is 0 Å². The lowest BCUT2D eigenvalue weighted by Gasteiger charge is -2.07. The Kier molecular flexibility index (Phi) is 4.74. The number of hydrogen-bond acceptors (Lipinski definition) is 4. The molecule has 2 heterocycles. The SMILES string of the molecule is CNC(=O)c1c(C(F)(F)F)nn(C)c1SCc1ccccn1. The fraction of sp³-hybridized carbons (Fsp3) is 0.308. The summed E-state index contributed by atoms with van der Waals surface area (Å²) in [7, 11) is 2.66. The normalized spacial score (nSPS) is 11.5. The number of nitrogens with one attached hydrogen (secondary N) is 1. The molecule has 0 spiro atoms. The molecule has 2 rings (SSSR count). The second-order valence-electron chi connectivity index (χ2n) is 4.34. The van der Waals surface area contributed by atoms with E-state index in [0.29, 0.717) is 11.4 Å². The molecule has 0 unspecified atom stereocenters. The fourth-order valence-electron chi connectivity index (χ4n) is 1.83. The molecule has 0 aromatic carbocycles. The van der Waals surface area contributed by atoms with Gasteiger partial charge in [-0.05, 0) is 12.1 Å². The quantitative estimate of drug-likeness (QED) is 0.875. The molecule has 118 valence electrons. The maximum Gasteiger partial charge on any atom is 0.436 e. The van der Waals surface area contributed by atoms with Gasteiger partial charge in [0.05, 0.1) is 5.69 Å².